The highest BCUT2D eigenvalue weighted by atomic mass is 35.5. The maximum absolute atomic E-state index is 12.6. The Hall–Kier alpha value is -3.27. The number of benzene rings is 2. The summed E-state index contributed by atoms with van der Waals surface area (Å²) in [6.07, 6.45) is 1.41. The van der Waals surface area contributed by atoms with Crippen molar-refractivity contribution in [3.63, 3.8) is 0 Å². The summed E-state index contributed by atoms with van der Waals surface area (Å²) < 4.78 is 6.72. The lowest BCUT2D eigenvalue weighted by molar-refractivity contribution is -0.112. The largest absolute Gasteiger partial charge is 0.495 e. The molecule has 0 aliphatic rings. The molecule has 146 valence electrons. The first kappa shape index (κ1) is 20.5. The number of amides is 1. The Labute approximate surface area is 177 Å². The van der Waals surface area contributed by atoms with Gasteiger partial charge in [0.25, 0.3) is 5.91 Å². The van der Waals surface area contributed by atoms with Gasteiger partial charge >= 0.3 is 0 Å². The van der Waals surface area contributed by atoms with Gasteiger partial charge in [-0.2, -0.15) is 10.4 Å². The summed E-state index contributed by atoms with van der Waals surface area (Å²) in [5.41, 5.74) is 2.04. The molecule has 6 nitrogen and oxygen atoms in total. The van der Waals surface area contributed by atoms with Crippen LogP contribution >= 0.6 is 23.2 Å². The monoisotopic (exact) mass is 426 g/mol. The fraction of sp³-hybridized carbons (Fsp3) is 0.0952. The highest BCUT2D eigenvalue weighted by molar-refractivity contribution is 6.32. The Balaban J connectivity index is 1.95. The van der Waals surface area contributed by atoms with Crippen molar-refractivity contribution in [2.75, 3.05) is 12.4 Å². The van der Waals surface area contributed by atoms with E-state index in [-0.39, 0.29) is 10.7 Å². The van der Waals surface area contributed by atoms with Crippen LogP contribution < -0.4 is 10.1 Å². The van der Waals surface area contributed by atoms with Gasteiger partial charge in [-0.15, -0.1) is 0 Å². The van der Waals surface area contributed by atoms with E-state index in [0.717, 1.165) is 0 Å². The summed E-state index contributed by atoms with van der Waals surface area (Å²) in [6.45, 7) is 1.74. The van der Waals surface area contributed by atoms with Gasteiger partial charge in [-0.05, 0) is 43.3 Å². The molecule has 0 unspecified atom stereocenters. The van der Waals surface area contributed by atoms with E-state index in [4.69, 9.17) is 27.9 Å². The third-order valence-electron chi connectivity index (χ3n) is 4.11. The van der Waals surface area contributed by atoms with Crippen molar-refractivity contribution >= 4 is 40.9 Å². The molecule has 3 aromatic rings. The molecule has 0 radical (unpaired) electrons. The van der Waals surface area contributed by atoms with Crippen LogP contribution in [0.3, 0.4) is 0 Å². The lowest BCUT2D eigenvalue weighted by atomic mass is 10.1. The predicted octanol–water partition coefficient (Wildman–Crippen LogP) is 5.04. The molecule has 1 amide bonds. The fourth-order valence-electron chi connectivity index (χ4n) is 2.68. The molecule has 3 rings (SSSR count). The number of anilines is 1. The molecular formula is C21H16Cl2N4O2. The van der Waals surface area contributed by atoms with Crippen LogP contribution in [0.4, 0.5) is 5.69 Å². The van der Waals surface area contributed by atoms with E-state index in [1.165, 1.54) is 17.9 Å². The molecule has 0 spiro atoms. The van der Waals surface area contributed by atoms with Crippen LogP contribution in [0, 0.1) is 18.3 Å². The highest BCUT2D eigenvalue weighted by Gasteiger charge is 2.17. The fourth-order valence-corrected chi connectivity index (χ4v) is 3.20. The number of nitrogens with zero attached hydrogens (tertiary/aromatic N) is 3. The van der Waals surface area contributed by atoms with Gasteiger partial charge in [0.1, 0.15) is 22.5 Å². The van der Waals surface area contributed by atoms with E-state index in [9.17, 15) is 10.1 Å². The number of halogens is 2. The standard InChI is InChI=1S/C21H16Cl2N4O2/c1-13-17(20(23)27(26-13)16-7-5-6-15(22)11-16)10-14(12-24)21(28)25-18-8-3-4-9-19(18)29-2/h3-11H,1-2H3,(H,25,28)/b14-10+. The van der Waals surface area contributed by atoms with Gasteiger partial charge in [0, 0.05) is 10.6 Å². The Morgan fingerprint density at radius 3 is 2.69 bits per heavy atom. The summed E-state index contributed by atoms with van der Waals surface area (Å²) in [5.74, 6) is -0.0934. The second-order valence-electron chi connectivity index (χ2n) is 6.01. The molecule has 0 fully saturated rings. The van der Waals surface area contributed by atoms with Crippen molar-refractivity contribution in [1.82, 2.24) is 9.78 Å². The van der Waals surface area contributed by atoms with Gasteiger partial charge in [-0.1, -0.05) is 41.4 Å². The van der Waals surface area contributed by atoms with Crippen LogP contribution in [0.25, 0.3) is 11.8 Å². The second-order valence-corrected chi connectivity index (χ2v) is 6.80. The molecule has 1 heterocycles. The van der Waals surface area contributed by atoms with Crippen molar-refractivity contribution in [3.8, 4) is 17.5 Å². The molecular weight excluding hydrogens is 411 g/mol. The van der Waals surface area contributed by atoms with Crippen LogP contribution in [0.5, 0.6) is 5.75 Å². The first-order valence-electron chi connectivity index (χ1n) is 8.51. The number of carbonyl (C=O) groups excluding carboxylic acids is 1. The Morgan fingerprint density at radius 1 is 1.24 bits per heavy atom. The SMILES string of the molecule is COc1ccccc1NC(=O)/C(C#N)=C/c1c(C)nn(-c2cccc(Cl)c2)c1Cl. The Morgan fingerprint density at radius 2 is 2.00 bits per heavy atom. The zero-order valence-electron chi connectivity index (χ0n) is 15.6. The minimum atomic E-state index is -0.581. The van der Waals surface area contributed by atoms with Crippen LogP contribution in [-0.2, 0) is 4.79 Å². The number of rotatable bonds is 5. The smallest absolute Gasteiger partial charge is 0.266 e. The maximum Gasteiger partial charge on any atom is 0.266 e. The van der Waals surface area contributed by atoms with E-state index < -0.39 is 5.91 Å². The van der Waals surface area contributed by atoms with Crippen molar-refractivity contribution in [1.29, 1.82) is 5.26 Å². The minimum absolute atomic E-state index is 0.119. The highest BCUT2D eigenvalue weighted by Crippen LogP contribution is 2.28. The molecule has 0 bridgehead atoms. The number of aryl methyl sites for hydroxylation is 1. The third kappa shape index (κ3) is 4.43. The van der Waals surface area contributed by atoms with E-state index in [0.29, 0.717) is 33.4 Å². The molecule has 2 aromatic carbocycles. The van der Waals surface area contributed by atoms with Crippen molar-refractivity contribution in [2.24, 2.45) is 0 Å². The first-order chi connectivity index (χ1) is 13.9. The number of hydrogen-bond donors (Lipinski definition) is 1. The van der Waals surface area contributed by atoms with E-state index in [1.54, 1.807) is 55.5 Å². The maximum atomic E-state index is 12.6. The van der Waals surface area contributed by atoms with Crippen molar-refractivity contribution in [3.05, 3.63) is 75.5 Å². The lowest BCUT2D eigenvalue weighted by Gasteiger charge is -2.09. The number of nitrogens with one attached hydrogen (secondary N) is 1. The Bertz CT molecular complexity index is 1150. The van der Waals surface area contributed by atoms with E-state index >= 15 is 0 Å². The quantitative estimate of drug-likeness (QED) is 0.457. The molecule has 1 aromatic heterocycles. The summed E-state index contributed by atoms with van der Waals surface area (Å²) in [4.78, 5) is 12.6. The van der Waals surface area contributed by atoms with Crippen LogP contribution in [0.1, 0.15) is 11.3 Å². The number of nitriles is 1. The number of methoxy groups -OCH3 is 1. The van der Waals surface area contributed by atoms with E-state index in [1.807, 2.05) is 6.07 Å². The van der Waals surface area contributed by atoms with Gasteiger partial charge in [-0.25, -0.2) is 4.68 Å². The lowest BCUT2D eigenvalue weighted by Crippen LogP contribution is -2.14. The Kier molecular flexibility index (Phi) is 6.23. The minimum Gasteiger partial charge on any atom is -0.495 e. The van der Waals surface area contributed by atoms with Crippen LogP contribution in [0.2, 0.25) is 10.2 Å². The molecule has 0 aliphatic carbocycles. The number of aromatic nitrogens is 2. The summed E-state index contributed by atoms with van der Waals surface area (Å²) in [5, 5.41) is 17.4. The van der Waals surface area contributed by atoms with Gasteiger partial charge in [0.2, 0.25) is 0 Å². The molecule has 1 N–H and O–H groups in total. The normalized spacial score (nSPS) is 11.1. The third-order valence-corrected chi connectivity index (χ3v) is 4.71. The molecule has 0 aliphatic heterocycles. The van der Waals surface area contributed by atoms with Gasteiger partial charge in [0.05, 0.1) is 24.2 Å². The summed E-state index contributed by atoms with van der Waals surface area (Å²) in [7, 11) is 1.50. The summed E-state index contributed by atoms with van der Waals surface area (Å²) in [6, 6.07) is 15.9. The molecule has 8 heteroatoms. The molecule has 0 saturated heterocycles. The van der Waals surface area contributed by atoms with Gasteiger partial charge < -0.3 is 10.1 Å². The van der Waals surface area contributed by atoms with Crippen molar-refractivity contribution < 1.29 is 9.53 Å². The number of ether oxygens (including phenoxy) is 1. The van der Waals surface area contributed by atoms with Gasteiger partial charge in [-0.3, -0.25) is 4.79 Å². The number of carbonyl (C=O) groups is 1. The zero-order chi connectivity index (χ0) is 21.0. The zero-order valence-corrected chi connectivity index (χ0v) is 17.1. The molecule has 0 atom stereocenters. The molecule has 29 heavy (non-hydrogen) atoms. The molecule has 0 saturated carbocycles. The number of para-hydroxylation sites is 2. The van der Waals surface area contributed by atoms with Crippen LogP contribution in [0.15, 0.2) is 54.1 Å². The van der Waals surface area contributed by atoms with Crippen LogP contribution in [-0.4, -0.2) is 22.8 Å². The average molecular weight is 427 g/mol. The first-order valence-corrected chi connectivity index (χ1v) is 9.27. The number of hydrogen-bond acceptors (Lipinski definition) is 4. The topological polar surface area (TPSA) is 79.9 Å². The summed E-state index contributed by atoms with van der Waals surface area (Å²) >= 11 is 12.5. The predicted molar refractivity (Wildman–Crippen MR) is 114 cm³/mol. The van der Waals surface area contributed by atoms with Crippen molar-refractivity contribution in [2.45, 2.75) is 6.92 Å². The van der Waals surface area contributed by atoms with E-state index in [2.05, 4.69) is 10.4 Å². The second kappa shape index (κ2) is 8.82. The van der Waals surface area contributed by atoms with Gasteiger partial charge in [0.15, 0.2) is 0 Å². The average Bonchev–Trinajstić information content (AvgIpc) is 3.00.